The van der Waals surface area contributed by atoms with E-state index in [1.165, 1.54) is 12.1 Å². The number of nitrogens with zero attached hydrogens (tertiary/aromatic N) is 2. The average Bonchev–Trinajstić information content (AvgIpc) is 2.62. The molecule has 0 heterocycles. The lowest BCUT2D eigenvalue weighted by Gasteiger charge is -2.12. The molecule has 0 radical (unpaired) electrons. The molecule has 2 N–H and O–H groups in total. The number of nitro benzene ring substituents is 1. The number of nitro groups is 1. The van der Waals surface area contributed by atoms with Gasteiger partial charge in [0.2, 0.25) is 0 Å². The first kappa shape index (κ1) is 17.3. The van der Waals surface area contributed by atoms with Crippen molar-refractivity contribution in [2.75, 3.05) is 20.2 Å². The van der Waals surface area contributed by atoms with Gasteiger partial charge >= 0.3 is 0 Å². The summed E-state index contributed by atoms with van der Waals surface area (Å²) in [6, 6.07) is 16.0. The SMILES string of the molecule is CN=C(NCCOc1ccccc1)NCc1ccc([N+](=O)[O-])cc1. The van der Waals surface area contributed by atoms with Gasteiger partial charge in [-0.15, -0.1) is 0 Å². The second-order valence-corrected chi connectivity index (χ2v) is 4.94. The van der Waals surface area contributed by atoms with E-state index >= 15 is 0 Å². The van der Waals surface area contributed by atoms with E-state index in [2.05, 4.69) is 15.6 Å². The van der Waals surface area contributed by atoms with Gasteiger partial charge in [-0.2, -0.15) is 0 Å². The molecule has 0 saturated heterocycles. The Morgan fingerprint density at radius 2 is 1.83 bits per heavy atom. The third kappa shape index (κ3) is 5.60. The van der Waals surface area contributed by atoms with E-state index < -0.39 is 4.92 Å². The third-order valence-corrected chi connectivity index (χ3v) is 3.24. The van der Waals surface area contributed by atoms with Crippen molar-refractivity contribution in [3.8, 4) is 5.75 Å². The van der Waals surface area contributed by atoms with Crippen LogP contribution in [0.25, 0.3) is 0 Å². The first-order chi connectivity index (χ1) is 11.7. The molecule has 0 saturated carbocycles. The lowest BCUT2D eigenvalue weighted by molar-refractivity contribution is -0.384. The summed E-state index contributed by atoms with van der Waals surface area (Å²) in [5.41, 5.74) is 1.02. The summed E-state index contributed by atoms with van der Waals surface area (Å²) in [5.74, 6) is 1.47. The Bertz CT molecular complexity index is 672. The number of benzene rings is 2. The first-order valence-electron chi connectivity index (χ1n) is 7.55. The Morgan fingerprint density at radius 1 is 1.12 bits per heavy atom. The molecular formula is C17H20N4O3. The third-order valence-electron chi connectivity index (χ3n) is 3.24. The highest BCUT2D eigenvalue weighted by atomic mass is 16.6. The number of guanidine groups is 1. The molecule has 0 aliphatic carbocycles. The van der Waals surface area contributed by atoms with Crippen molar-refractivity contribution >= 4 is 11.6 Å². The second kappa shape index (κ2) is 9.14. The van der Waals surface area contributed by atoms with E-state index in [-0.39, 0.29) is 5.69 Å². The molecule has 0 amide bonds. The van der Waals surface area contributed by atoms with Crippen LogP contribution in [0.2, 0.25) is 0 Å². The molecule has 2 rings (SSSR count). The molecule has 2 aromatic carbocycles. The fraction of sp³-hybridized carbons (Fsp3) is 0.235. The monoisotopic (exact) mass is 328 g/mol. The van der Waals surface area contributed by atoms with Crippen LogP contribution in [0.15, 0.2) is 59.6 Å². The molecule has 7 nitrogen and oxygen atoms in total. The molecule has 24 heavy (non-hydrogen) atoms. The molecule has 126 valence electrons. The molecule has 0 unspecified atom stereocenters. The van der Waals surface area contributed by atoms with Gasteiger partial charge in [-0.05, 0) is 17.7 Å². The number of non-ortho nitro benzene ring substituents is 1. The van der Waals surface area contributed by atoms with Gasteiger partial charge in [0.15, 0.2) is 5.96 Å². The first-order valence-corrected chi connectivity index (χ1v) is 7.55. The van der Waals surface area contributed by atoms with Crippen LogP contribution in [0, 0.1) is 10.1 Å². The van der Waals surface area contributed by atoms with Crippen LogP contribution in [-0.2, 0) is 6.54 Å². The van der Waals surface area contributed by atoms with Crippen LogP contribution in [0.4, 0.5) is 5.69 Å². The maximum Gasteiger partial charge on any atom is 0.269 e. The molecular weight excluding hydrogens is 308 g/mol. The fourth-order valence-corrected chi connectivity index (χ4v) is 2.00. The average molecular weight is 328 g/mol. The van der Waals surface area contributed by atoms with E-state index in [0.29, 0.717) is 25.7 Å². The van der Waals surface area contributed by atoms with Crippen LogP contribution in [0.5, 0.6) is 5.75 Å². The maximum absolute atomic E-state index is 10.6. The molecule has 0 aromatic heterocycles. The number of nitrogens with one attached hydrogen (secondary N) is 2. The van der Waals surface area contributed by atoms with Crippen molar-refractivity contribution in [3.63, 3.8) is 0 Å². The number of hydrogen-bond donors (Lipinski definition) is 2. The normalized spacial score (nSPS) is 11.0. The van der Waals surface area contributed by atoms with Gasteiger partial charge in [-0.1, -0.05) is 30.3 Å². The smallest absolute Gasteiger partial charge is 0.269 e. The highest BCUT2D eigenvalue weighted by Gasteiger charge is 2.04. The summed E-state index contributed by atoms with van der Waals surface area (Å²) in [5, 5.41) is 16.9. The molecule has 0 atom stereocenters. The highest BCUT2D eigenvalue weighted by Crippen LogP contribution is 2.11. The predicted octanol–water partition coefficient (Wildman–Crippen LogP) is 2.34. The number of ether oxygens (including phenoxy) is 1. The van der Waals surface area contributed by atoms with Crippen molar-refractivity contribution in [2.45, 2.75) is 6.54 Å². The van der Waals surface area contributed by atoms with E-state index in [1.54, 1.807) is 19.2 Å². The van der Waals surface area contributed by atoms with E-state index in [9.17, 15) is 10.1 Å². The van der Waals surface area contributed by atoms with E-state index in [0.717, 1.165) is 11.3 Å². The van der Waals surface area contributed by atoms with Gasteiger partial charge in [0.1, 0.15) is 12.4 Å². The zero-order valence-electron chi connectivity index (χ0n) is 13.4. The highest BCUT2D eigenvalue weighted by molar-refractivity contribution is 5.79. The molecule has 0 aliphatic rings. The van der Waals surface area contributed by atoms with Crippen molar-refractivity contribution in [1.82, 2.24) is 10.6 Å². The quantitative estimate of drug-likeness (QED) is 0.268. The Balaban J connectivity index is 1.71. The van der Waals surface area contributed by atoms with Crippen LogP contribution >= 0.6 is 0 Å². The van der Waals surface area contributed by atoms with Crippen molar-refractivity contribution in [2.24, 2.45) is 4.99 Å². The molecule has 7 heteroatoms. The minimum atomic E-state index is -0.412. The Kier molecular flexibility index (Phi) is 6.58. The van der Waals surface area contributed by atoms with Crippen LogP contribution < -0.4 is 15.4 Å². The fourth-order valence-electron chi connectivity index (χ4n) is 2.00. The lowest BCUT2D eigenvalue weighted by Crippen LogP contribution is -2.38. The lowest BCUT2D eigenvalue weighted by atomic mass is 10.2. The van der Waals surface area contributed by atoms with Crippen LogP contribution in [-0.4, -0.2) is 31.1 Å². The standard InChI is InChI=1S/C17H20N4O3/c1-18-17(19-11-12-24-16-5-3-2-4-6-16)20-13-14-7-9-15(10-8-14)21(22)23/h2-10H,11-13H2,1H3,(H2,18,19,20). The van der Waals surface area contributed by atoms with E-state index in [1.807, 2.05) is 30.3 Å². The van der Waals surface area contributed by atoms with Gasteiger partial charge in [0, 0.05) is 25.7 Å². The minimum absolute atomic E-state index is 0.0827. The van der Waals surface area contributed by atoms with Gasteiger partial charge in [-0.25, -0.2) is 0 Å². The van der Waals surface area contributed by atoms with Crippen LogP contribution in [0.3, 0.4) is 0 Å². The number of aliphatic imine (C=N–C) groups is 1. The second-order valence-electron chi connectivity index (χ2n) is 4.94. The molecule has 0 aliphatic heterocycles. The molecule has 0 spiro atoms. The molecule has 2 aromatic rings. The zero-order valence-corrected chi connectivity index (χ0v) is 13.4. The van der Waals surface area contributed by atoms with Crippen molar-refractivity contribution in [3.05, 3.63) is 70.3 Å². The summed E-state index contributed by atoms with van der Waals surface area (Å²) < 4.78 is 5.59. The molecule has 0 fully saturated rings. The summed E-state index contributed by atoms with van der Waals surface area (Å²) in [4.78, 5) is 14.3. The van der Waals surface area contributed by atoms with Gasteiger partial charge < -0.3 is 15.4 Å². The number of rotatable bonds is 7. The summed E-state index contributed by atoms with van der Waals surface area (Å²) in [6.07, 6.45) is 0. The van der Waals surface area contributed by atoms with E-state index in [4.69, 9.17) is 4.74 Å². The Morgan fingerprint density at radius 3 is 2.46 bits per heavy atom. The molecule has 0 bridgehead atoms. The maximum atomic E-state index is 10.6. The minimum Gasteiger partial charge on any atom is -0.492 e. The number of para-hydroxylation sites is 1. The largest absolute Gasteiger partial charge is 0.492 e. The van der Waals surface area contributed by atoms with Gasteiger partial charge in [-0.3, -0.25) is 15.1 Å². The topological polar surface area (TPSA) is 88.8 Å². The summed E-state index contributed by atoms with van der Waals surface area (Å²) >= 11 is 0. The van der Waals surface area contributed by atoms with Crippen molar-refractivity contribution < 1.29 is 9.66 Å². The predicted molar refractivity (Wildman–Crippen MR) is 93.2 cm³/mol. The van der Waals surface area contributed by atoms with Gasteiger partial charge in [0.25, 0.3) is 5.69 Å². The zero-order chi connectivity index (χ0) is 17.2. The summed E-state index contributed by atoms with van der Waals surface area (Å²) in [6.45, 7) is 1.65. The summed E-state index contributed by atoms with van der Waals surface area (Å²) in [7, 11) is 1.68. The number of hydrogen-bond acceptors (Lipinski definition) is 4. The van der Waals surface area contributed by atoms with Gasteiger partial charge in [0.05, 0.1) is 11.5 Å². The Hall–Kier alpha value is -3.09. The van der Waals surface area contributed by atoms with Crippen LogP contribution in [0.1, 0.15) is 5.56 Å². The Labute approximate surface area is 140 Å². The van der Waals surface area contributed by atoms with Crippen molar-refractivity contribution in [1.29, 1.82) is 0 Å².